The van der Waals surface area contributed by atoms with Crippen LogP contribution in [0.3, 0.4) is 0 Å². The fourth-order valence-corrected chi connectivity index (χ4v) is 18.3. The molecule has 12 aromatic carbocycles. The van der Waals surface area contributed by atoms with Crippen molar-refractivity contribution in [3.05, 3.63) is 431 Å². The second-order valence-electron chi connectivity index (χ2n) is 36.7. The van der Waals surface area contributed by atoms with Crippen LogP contribution in [0.5, 0.6) is 0 Å². The molecule has 0 aromatic heterocycles. The minimum absolute atomic E-state index is 0.0181. The summed E-state index contributed by atoms with van der Waals surface area (Å²) in [7, 11) is 0. The van der Waals surface area contributed by atoms with Crippen LogP contribution in [0.1, 0.15) is 80.6 Å². The number of amides is 1. The number of alkyl halides is 3. The van der Waals surface area contributed by atoms with Crippen molar-refractivity contribution in [3.63, 3.8) is 0 Å². The number of benzene rings is 12. The van der Waals surface area contributed by atoms with Gasteiger partial charge >= 0.3 is 6.09 Å². The van der Waals surface area contributed by atoms with Crippen LogP contribution in [-0.4, -0.2) is 191 Å². The molecule has 25 nitrogen and oxygen atoms in total. The van der Waals surface area contributed by atoms with E-state index >= 15 is 4.79 Å². The first kappa shape index (κ1) is 106. The second kappa shape index (κ2) is 55.2. The molecule has 145 heavy (non-hydrogen) atoms. The number of carbonyl (C=O) groups is 1. The van der Waals surface area contributed by atoms with Gasteiger partial charge in [0.05, 0.1) is 119 Å². The van der Waals surface area contributed by atoms with Crippen molar-refractivity contribution in [1.29, 1.82) is 0 Å². The number of halogens is 3. The highest BCUT2D eigenvalue weighted by molar-refractivity contribution is 6.67. The zero-order chi connectivity index (χ0) is 99.5. The summed E-state index contributed by atoms with van der Waals surface area (Å²) >= 11 is 19.4. The van der Waals surface area contributed by atoms with E-state index in [2.05, 4.69) is 5.32 Å². The molecule has 0 radical (unpaired) electrons. The molecule has 5 saturated heterocycles. The summed E-state index contributed by atoms with van der Waals surface area (Å²) in [6.45, 7) is 3.44. The molecule has 12 aromatic rings. The zero-order valence-electron chi connectivity index (χ0n) is 81.1. The van der Waals surface area contributed by atoms with Gasteiger partial charge in [0, 0.05) is 0 Å². The van der Waals surface area contributed by atoms with Gasteiger partial charge in [-0.15, -0.1) is 0 Å². The lowest BCUT2D eigenvalue weighted by Crippen LogP contribution is -2.69. The molecule has 1 amide bonds. The van der Waals surface area contributed by atoms with Gasteiger partial charge in [-0.1, -0.05) is 399 Å². The van der Waals surface area contributed by atoms with Crippen molar-refractivity contribution < 1.29 is 114 Å². The number of carbonyl (C=O) groups excluding carboxylic acids is 1. The largest absolute Gasteiger partial charge is 0.445 e. The predicted molar refractivity (Wildman–Crippen MR) is 543 cm³/mol. The monoisotopic (exact) mass is 2030 g/mol. The summed E-state index contributed by atoms with van der Waals surface area (Å²) in [6.07, 6.45) is -23.9. The molecule has 0 saturated carbocycles. The summed E-state index contributed by atoms with van der Waals surface area (Å²) in [5, 5.41) is 3.10. The molecule has 0 unspecified atom stereocenters. The van der Waals surface area contributed by atoms with Crippen LogP contribution >= 0.6 is 34.8 Å². The maximum Gasteiger partial charge on any atom is 0.407 e. The summed E-state index contributed by atoms with van der Waals surface area (Å²) in [5.74, 6) is -0.964. The third-order valence-electron chi connectivity index (χ3n) is 25.4. The van der Waals surface area contributed by atoms with Gasteiger partial charge in [-0.25, -0.2) is 4.79 Å². The van der Waals surface area contributed by atoms with Gasteiger partial charge in [-0.3, -0.25) is 0 Å². The van der Waals surface area contributed by atoms with Gasteiger partial charge in [0.25, 0.3) is 0 Å². The Labute approximate surface area is 863 Å². The highest BCUT2D eigenvalue weighted by Gasteiger charge is 2.58. The minimum atomic E-state index is -2.07. The standard InChI is InChI=1S/C117H126Cl3NO24/c1-116(2)139-76-94(145-116)75-135-114-110(107(132-72-91-57-33-12-34-58-91)102(127-67-86-47-23-7-24-48-86)96(142-114)78-124-64-83-41-17-4-18-42-83)144-111-99(121-115(122)138-81-117(118,119)120)104(129-69-88-51-27-9-28-52-88)100(125-65-84-43-19-5-20-44-84)97(140-111)79-136-113-109(134-74-93-61-37-14-38-62-93)106(131-71-90-55-31-11-32-56-90)103(128-68-87-49-25-8-26-50-87)98(143-113)80-137-112-108(133-73-92-59-35-13-36-60-92)105(130-70-89-53-29-10-30-54-89)101(126-66-85-45-21-6-22-46-85)95(141-112)77-123-63-82-39-15-3-16-40-82/h3-62,94-114H,63-81H2,1-2H3,(H,121,122)/t94-,95+,96+,97+,98+,99+,100-,101-,102+,103-,104+,105-,106-,107-,108+,109+,110+,111-,112-,113+,114-/m0/s1. The molecule has 17 rings (SSSR count). The topological polar surface area (TPSA) is 241 Å². The normalized spacial score (nSPS) is 25.8. The fraction of sp³-hybridized carbons (Fsp3) is 0.376. The lowest BCUT2D eigenvalue weighted by Gasteiger charge is -2.51. The molecule has 28 heteroatoms. The molecule has 5 aliphatic rings. The van der Waals surface area contributed by atoms with E-state index in [4.69, 9.17) is 144 Å². The molecular weight excluding hydrogens is 1910 g/mol. The first-order chi connectivity index (χ1) is 71.1. The van der Waals surface area contributed by atoms with Crippen molar-refractivity contribution in [2.24, 2.45) is 0 Å². The van der Waals surface area contributed by atoms with Gasteiger partial charge < -0.3 is 114 Å². The third kappa shape index (κ3) is 32.5. The highest BCUT2D eigenvalue weighted by Crippen LogP contribution is 2.41. The number of ether oxygens (including phenoxy) is 23. The van der Waals surface area contributed by atoms with Gasteiger partial charge in [0.1, 0.15) is 110 Å². The SMILES string of the molecule is CC1(C)OC[C@H](CO[C@H]2O[C@H](COCc3ccccc3)[C@@H](OCc3ccccc3)[C@H](OCc3ccccc3)[C@H]2O[C@@H]2O[C@H](CO[C@@H]3O[C@H](CO[C@H]4O[C@H](COCc5ccccc5)[C@H](OCc5ccccc5)[C@H](OCc5ccccc5)[C@H]4OCc4ccccc4)[C@H](OCc4ccccc4)[C@H](OCc4ccccc4)[C@H]3OCc3ccccc3)[C@H](OCc3ccccc3)[C@H](OCc3ccccc3)[C@H]2NC(=O)OCC(Cl)(Cl)Cl)O1. The average molecular weight is 2040 g/mol. The Morgan fingerprint density at radius 1 is 0.276 bits per heavy atom. The summed E-state index contributed by atoms with van der Waals surface area (Å²) < 4.78 is 164. The smallest absolute Gasteiger partial charge is 0.407 e. The van der Waals surface area contributed by atoms with E-state index in [0.717, 1.165) is 66.8 Å². The lowest BCUT2D eigenvalue weighted by molar-refractivity contribution is -0.376. The van der Waals surface area contributed by atoms with Crippen LogP contribution in [0.4, 0.5) is 4.79 Å². The molecule has 1 N–H and O–H groups in total. The van der Waals surface area contributed by atoms with Crippen LogP contribution in [-0.2, 0) is 188 Å². The van der Waals surface area contributed by atoms with Crippen LogP contribution in [0.25, 0.3) is 0 Å². The Bertz CT molecular complexity index is 5660. The number of nitrogens with one attached hydrogen (secondary N) is 1. The Hall–Kier alpha value is -10.1. The number of hydrogen-bond donors (Lipinski definition) is 1. The molecule has 5 heterocycles. The van der Waals surface area contributed by atoms with E-state index in [9.17, 15) is 0 Å². The lowest BCUT2D eigenvalue weighted by atomic mass is 9.94. The molecule has 0 aliphatic carbocycles. The molecule has 5 fully saturated rings. The minimum Gasteiger partial charge on any atom is -0.445 e. The van der Waals surface area contributed by atoms with Crippen LogP contribution in [0, 0.1) is 0 Å². The second-order valence-corrected chi connectivity index (χ2v) is 39.2. The van der Waals surface area contributed by atoms with Gasteiger partial charge in [-0.2, -0.15) is 0 Å². The first-order valence-corrected chi connectivity index (χ1v) is 50.5. The third-order valence-corrected chi connectivity index (χ3v) is 25.7. The fourth-order valence-electron chi connectivity index (χ4n) is 18.1. The first-order valence-electron chi connectivity index (χ1n) is 49.4. The van der Waals surface area contributed by atoms with Crippen LogP contribution in [0.2, 0.25) is 0 Å². The van der Waals surface area contributed by atoms with E-state index < -0.39 is 158 Å². The van der Waals surface area contributed by atoms with E-state index in [1.54, 1.807) is 0 Å². The predicted octanol–water partition coefficient (Wildman–Crippen LogP) is 20.2. The van der Waals surface area contributed by atoms with E-state index in [1.165, 1.54) is 0 Å². The van der Waals surface area contributed by atoms with Gasteiger partial charge in [-0.05, 0) is 80.6 Å². The number of hydrogen-bond acceptors (Lipinski definition) is 24. The Morgan fingerprint density at radius 2 is 0.503 bits per heavy atom. The Kier molecular flexibility index (Phi) is 40.5. The maximum absolute atomic E-state index is 15.3. The average Bonchev–Trinajstić information content (AvgIpc) is 0.825. The van der Waals surface area contributed by atoms with Crippen LogP contribution < -0.4 is 5.32 Å². The quantitative estimate of drug-likeness (QED) is 0.0348. The molecule has 5 aliphatic heterocycles. The van der Waals surface area contributed by atoms with Crippen molar-refractivity contribution in [1.82, 2.24) is 5.32 Å². The molecular formula is C117H126Cl3NO24. The number of alkyl carbamates (subject to hydrolysis) is 1. The Morgan fingerprint density at radius 3 is 0.779 bits per heavy atom. The van der Waals surface area contributed by atoms with Crippen molar-refractivity contribution >= 4 is 40.9 Å². The molecule has 764 valence electrons. The van der Waals surface area contributed by atoms with Gasteiger partial charge in [0.2, 0.25) is 3.79 Å². The summed E-state index contributed by atoms with van der Waals surface area (Å²) in [6, 6.07) is 116. The molecule has 0 bridgehead atoms. The van der Waals surface area contributed by atoms with E-state index in [0.29, 0.717) is 0 Å². The van der Waals surface area contributed by atoms with Crippen molar-refractivity contribution in [2.45, 2.75) is 232 Å². The maximum atomic E-state index is 15.3. The van der Waals surface area contributed by atoms with E-state index in [-0.39, 0.29) is 112 Å². The summed E-state index contributed by atoms with van der Waals surface area (Å²) in [5.41, 5.74) is 10.3. The molecule has 0 spiro atoms. The summed E-state index contributed by atoms with van der Waals surface area (Å²) in [4.78, 5) is 15.3. The zero-order valence-corrected chi connectivity index (χ0v) is 83.4. The number of rotatable bonds is 51. The molecule has 21 atom stereocenters. The van der Waals surface area contributed by atoms with E-state index in [1.807, 2.05) is 378 Å². The van der Waals surface area contributed by atoms with Crippen molar-refractivity contribution in [2.75, 3.05) is 46.2 Å². The van der Waals surface area contributed by atoms with Gasteiger partial charge in [0.15, 0.2) is 30.9 Å². The van der Waals surface area contributed by atoms with Crippen LogP contribution in [0.15, 0.2) is 364 Å². The van der Waals surface area contributed by atoms with Crippen molar-refractivity contribution in [3.8, 4) is 0 Å². The highest BCUT2D eigenvalue weighted by atomic mass is 35.6. The Balaban J connectivity index is 0.793.